The van der Waals surface area contributed by atoms with E-state index < -0.39 is 29.6 Å². The van der Waals surface area contributed by atoms with Crippen LogP contribution in [0.25, 0.3) is 22.4 Å². The minimum absolute atomic E-state index is 0.00480. The van der Waals surface area contributed by atoms with Gasteiger partial charge in [-0.05, 0) is 67.1 Å². The average Bonchev–Trinajstić information content (AvgIpc) is 3.51. The molecule has 2 atom stereocenters. The second-order valence-corrected chi connectivity index (χ2v) is 11.3. The first kappa shape index (κ1) is 32.0. The lowest BCUT2D eigenvalue weighted by molar-refractivity contribution is 0.0696. The molecule has 0 spiro atoms. The zero-order chi connectivity index (χ0) is 33.6. The molecule has 0 aliphatic heterocycles. The number of alkyl carbamates (subject to hydrolysis) is 1. The molecule has 5 aromatic rings. The van der Waals surface area contributed by atoms with Gasteiger partial charge in [-0.2, -0.15) is 0 Å². The summed E-state index contributed by atoms with van der Waals surface area (Å²) < 4.78 is 33.9. The van der Waals surface area contributed by atoms with Crippen LogP contribution in [-0.2, 0) is 17.9 Å². The number of aromatic amines is 1. The van der Waals surface area contributed by atoms with Crippen molar-refractivity contribution in [3.63, 3.8) is 0 Å². The van der Waals surface area contributed by atoms with Gasteiger partial charge in [0.1, 0.15) is 23.8 Å². The second-order valence-electron chi connectivity index (χ2n) is 11.3. The number of amides is 2. The number of hydrogen-bond acceptors (Lipinski definition) is 9. The zero-order valence-corrected chi connectivity index (χ0v) is 25.4. The number of H-pyrrole nitrogens is 1. The van der Waals surface area contributed by atoms with Crippen LogP contribution in [0.4, 0.5) is 19.4 Å². The van der Waals surface area contributed by atoms with Crippen LogP contribution >= 0.6 is 0 Å². The third-order valence-corrected chi connectivity index (χ3v) is 7.90. The lowest BCUT2D eigenvalue weighted by Crippen LogP contribution is -2.42. The monoisotopic (exact) mass is 656 g/mol. The van der Waals surface area contributed by atoms with Crippen LogP contribution in [0.2, 0.25) is 0 Å². The molecule has 5 N–H and O–H groups in total. The number of carboxylic acid groups (broad SMARTS) is 1. The number of rotatable bonds is 10. The van der Waals surface area contributed by atoms with E-state index in [0.717, 1.165) is 31.7 Å². The molecule has 4 aromatic heterocycles. The highest BCUT2D eigenvalue weighted by atomic mass is 19.1. The number of aromatic carboxylic acids is 1. The van der Waals surface area contributed by atoms with Gasteiger partial charge in [0.2, 0.25) is 0 Å². The summed E-state index contributed by atoms with van der Waals surface area (Å²) >= 11 is 0. The number of hydrogen-bond donors (Lipinski definition) is 5. The second kappa shape index (κ2) is 14.2. The molecule has 1 aromatic carbocycles. The van der Waals surface area contributed by atoms with Gasteiger partial charge in [-0.3, -0.25) is 9.78 Å². The number of halogens is 2. The first-order chi connectivity index (χ1) is 23.2. The Labute approximate surface area is 272 Å². The summed E-state index contributed by atoms with van der Waals surface area (Å²) in [6, 6.07) is 10.2. The van der Waals surface area contributed by atoms with Gasteiger partial charge in [-0.15, -0.1) is 0 Å². The van der Waals surface area contributed by atoms with Crippen molar-refractivity contribution < 1.29 is 33.0 Å². The third-order valence-electron chi connectivity index (χ3n) is 7.90. The molecule has 0 bridgehead atoms. The van der Waals surface area contributed by atoms with Crippen molar-refractivity contribution in [2.75, 3.05) is 5.32 Å². The van der Waals surface area contributed by atoms with E-state index in [9.17, 15) is 23.2 Å². The number of carboxylic acids is 1. The Morgan fingerprint density at radius 3 is 2.60 bits per heavy atom. The fourth-order valence-corrected chi connectivity index (χ4v) is 5.49. The Balaban J connectivity index is 1.01. The summed E-state index contributed by atoms with van der Waals surface area (Å²) in [5.41, 5.74) is 2.50. The van der Waals surface area contributed by atoms with Crippen LogP contribution in [0.3, 0.4) is 0 Å². The van der Waals surface area contributed by atoms with E-state index in [1.807, 2.05) is 0 Å². The van der Waals surface area contributed by atoms with Crippen LogP contribution in [0.15, 0.2) is 67.3 Å². The predicted molar refractivity (Wildman–Crippen MR) is 169 cm³/mol. The molecule has 13 nitrogen and oxygen atoms in total. The minimum atomic E-state index is -1.04. The molecule has 6 rings (SSSR count). The van der Waals surface area contributed by atoms with Crippen LogP contribution < -0.4 is 16.0 Å². The number of pyridine rings is 2. The first-order valence-electron chi connectivity index (χ1n) is 15.1. The predicted octanol–water partition coefficient (Wildman–Crippen LogP) is 4.97. The molecular weight excluding hydrogens is 626 g/mol. The van der Waals surface area contributed by atoms with Gasteiger partial charge in [-0.1, -0.05) is 12.1 Å². The number of ether oxygens (including phenoxy) is 1. The van der Waals surface area contributed by atoms with E-state index in [-0.39, 0.29) is 48.1 Å². The maximum atomic E-state index is 14.8. The van der Waals surface area contributed by atoms with Crippen molar-refractivity contribution in [1.29, 1.82) is 0 Å². The van der Waals surface area contributed by atoms with E-state index in [4.69, 9.17) is 9.84 Å². The molecule has 0 saturated heterocycles. The highest BCUT2D eigenvalue weighted by Crippen LogP contribution is 2.28. The van der Waals surface area contributed by atoms with Gasteiger partial charge in [0, 0.05) is 42.0 Å². The van der Waals surface area contributed by atoms with Gasteiger partial charge in [0.15, 0.2) is 17.5 Å². The SMILES string of the molecule is O=C(NCc1ccc(C(=O)O)cc1)OCc1ccnc(C(=O)N[C@@H]2CCC[C@H](Nc3nc(-c4c[nH]c5ncc(F)cc45)ncc3F)C2)c1. The fourth-order valence-electron chi connectivity index (χ4n) is 5.49. The quantitative estimate of drug-likeness (QED) is 0.138. The summed E-state index contributed by atoms with van der Waals surface area (Å²) in [4.78, 5) is 55.8. The molecule has 4 heterocycles. The molecule has 15 heteroatoms. The minimum Gasteiger partial charge on any atom is -0.478 e. The van der Waals surface area contributed by atoms with E-state index in [1.165, 1.54) is 30.5 Å². The number of carbonyl (C=O) groups is 3. The Morgan fingerprint density at radius 1 is 0.979 bits per heavy atom. The van der Waals surface area contributed by atoms with Gasteiger partial charge in [-0.25, -0.2) is 33.3 Å². The molecule has 246 valence electrons. The molecule has 0 radical (unpaired) electrons. The van der Waals surface area contributed by atoms with Crippen molar-refractivity contribution in [2.45, 2.75) is 50.9 Å². The zero-order valence-electron chi connectivity index (χ0n) is 25.4. The number of carbonyl (C=O) groups excluding carboxylic acids is 2. The smallest absolute Gasteiger partial charge is 0.407 e. The van der Waals surface area contributed by atoms with Gasteiger partial charge >= 0.3 is 12.1 Å². The molecule has 2 amide bonds. The number of fused-ring (bicyclic) bond motifs is 1. The third kappa shape index (κ3) is 7.68. The topological polar surface area (TPSA) is 184 Å². The normalized spacial score (nSPS) is 15.9. The molecule has 1 saturated carbocycles. The number of benzene rings is 1. The van der Waals surface area contributed by atoms with E-state index in [1.54, 1.807) is 24.4 Å². The maximum absolute atomic E-state index is 14.8. The van der Waals surface area contributed by atoms with Crippen molar-refractivity contribution in [3.05, 3.63) is 101 Å². The maximum Gasteiger partial charge on any atom is 0.407 e. The summed E-state index contributed by atoms with van der Waals surface area (Å²) in [7, 11) is 0. The Hall–Kier alpha value is -5.99. The number of nitrogens with one attached hydrogen (secondary N) is 4. The van der Waals surface area contributed by atoms with Gasteiger partial charge in [0.25, 0.3) is 5.91 Å². The Kier molecular flexibility index (Phi) is 9.45. The van der Waals surface area contributed by atoms with Gasteiger partial charge < -0.3 is 30.8 Å². The molecule has 1 fully saturated rings. The molecule has 0 unspecified atom stereocenters. The van der Waals surface area contributed by atoms with Crippen LogP contribution in [0.5, 0.6) is 0 Å². The van der Waals surface area contributed by atoms with Crippen LogP contribution in [0.1, 0.15) is 57.7 Å². The van der Waals surface area contributed by atoms with Crippen molar-refractivity contribution in [1.82, 2.24) is 35.6 Å². The number of anilines is 1. The average molecular weight is 657 g/mol. The van der Waals surface area contributed by atoms with Crippen LogP contribution in [0, 0.1) is 11.6 Å². The number of nitrogens with zero attached hydrogens (tertiary/aromatic N) is 4. The van der Waals surface area contributed by atoms with Crippen molar-refractivity contribution >= 4 is 34.8 Å². The summed E-state index contributed by atoms with van der Waals surface area (Å²) in [5, 5.41) is 18.2. The molecule has 48 heavy (non-hydrogen) atoms. The summed E-state index contributed by atoms with van der Waals surface area (Å²) in [6.07, 6.45) is 7.26. The summed E-state index contributed by atoms with van der Waals surface area (Å²) in [6.45, 7) is 0.0481. The van der Waals surface area contributed by atoms with Crippen molar-refractivity contribution in [2.24, 2.45) is 0 Å². The molecule has 1 aliphatic rings. The Bertz CT molecular complexity index is 1970. The largest absolute Gasteiger partial charge is 0.478 e. The van der Waals surface area contributed by atoms with Crippen molar-refractivity contribution in [3.8, 4) is 11.4 Å². The summed E-state index contributed by atoms with van der Waals surface area (Å²) in [5.74, 6) is -2.38. The number of aromatic nitrogens is 5. The molecule has 1 aliphatic carbocycles. The highest BCUT2D eigenvalue weighted by Gasteiger charge is 2.26. The first-order valence-corrected chi connectivity index (χ1v) is 15.1. The lowest BCUT2D eigenvalue weighted by atomic mass is 9.91. The van der Waals surface area contributed by atoms with E-state index >= 15 is 0 Å². The Morgan fingerprint density at radius 2 is 1.79 bits per heavy atom. The van der Waals surface area contributed by atoms with E-state index in [0.29, 0.717) is 34.1 Å². The highest BCUT2D eigenvalue weighted by molar-refractivity contribution is 5.93. The van der Waals surface area contributed by atoms with Crippen LogP contribution in [-0.4, -0.2) is 60.1 Å². The fraction of sp³-hybridized carbons (Fsp3) is 0.242. The molecular formula is C33H30F2N8O5. The van der Waals surface area contributed by atoms with Gasteiger partial charge in [0.05, 0.1) is 18.0 Å². The van der Waals surface area contributed by atoms with E-state index in [2.05, 4.69) is 40.9 Å². The lowest BCUT2D eigenvalue weighted by Gasteiger charge is -2.30. The standard InChI is InChI=1S/C33H30F2N8O5/c34-21-11-24-25(15-38-28(24)37-14-21)29-39-16-26(35)30(43-29)41-22-2-1-3-23(12-22)42-31(44)27-10-19(8-9-36-27)17-48-33(47)40-13-18-4-6-20(7-5-18)32(45)46/h4-11,14-16,22-23H,1-3,12-13,17H2,(H,37,38)(H,40,47)(H,42,44)(H,45,46)(H,39,41,43)/t22-,23+/m0/s1.